The second-order valence-electron chi connectivity index (χ2n) is 5.78. The fourth-order valence-corrected chi connectivity index (χ4v) is 2.94. The first-order chi connectivity index (χ1) is 10.6. The number of alkyl halides is 3. The third-order valence-corrected chi connectivity index (χ3v) is 3.96. The highest BCUT2D eigenvalue weighted by molar-refractivity contribution is 5.85. The molecule has 0 spiro atoms. The molecule has 138 valence electrons. The highest BCUT2D eigenvalue weighted by Gasteiger charge is 2.39. The Morgan fingerprint density at radius 1 is 1.46 bits per heavy atom. The molecule has 0 aromatic carbocycles. The van der Waals surface area contributed by atoms with Gasteiger partial charge in [-0.3, -0.25) is 19.3 Å². The Morgan fingerprint density at radius 2 is 2.08 bits per heavy atom. The van der Waals surface area contributed by atoms with Gasteiger partial charge in [-0.2, -0.15) is 18.3 Å². The molecule has 2 atom stereocenters. The summed E-state index contributed by atoms with van der Waals surface area (Å²) in [6.07, 6.45) is -4.15. The molecule has 0 bridgehead atoms. The number of hydrogen-bond donors (Lipinski definition) is 2. The number of nitrogens with zero attached hydrogens (tertiary/aromatic N) is 4. The second kappa shape index (κ2) is 7.68. The van der Waals surface area contributed by atoms with E-state index in [2.05, 4.69) is 5.10 Å². The van der Waals surface area contributed by atoms with E-state index >= 15 is 0 Å². The van der Waals surface area contributed by atoms with Gasteiger partial charge in [-0.25, -0.2) is 0 Å². The van der Waals surface area contributed by atoms with Crippen LogP contribution in [0.1, 0.15) is 11.3 Å². The fourth-order valence-electron chi connectivity index (χ4n) is 2.94. The lowest BCUT2D eigenvalue weighted by Gasteiger charge is -2.24. The minimum absolute atomic E-state index is 0. The van der Waals surface area contributed by atoms with E-state index in [-0.39, 0.29) is 44.1 Å². The molecule has 24 heavy (non-hydrogen) atoms. The van der Waals surface area contributed by atoms with Gasteiger partial charge < -0.3 is 10.2 Å². The van der Waals surface area contributed by atoms with E-state index in [1.54, 1.807) is 11.9 Å². The molecule has 0 aliphatic carbocycles. The molecule has 1 saturated heterocycles. The molecule has 0 saturated carbocycles. The third-order valence-electron chi connectivity index (χ3n) is 3.96. The topological polar surface area (TPSA) is 81.8 Å². The van der Waals surface area contributed by atoms with Gasteiger partial charge >= 0.3 is 12.1 Å². The van der Waals surface area contributed by atoms with Crippen LogP contribution >= 0.6 is 12.4 Å². The highest BCUT2D eigenvalue weighted by atomic mass is 35.5. The van der Waals surface area contributed by atoms with E-state index in [4.69, 9.17) is 5.11 Å². The smallest absolute Gasteiger partial charge is 0.433 e. The van der Waals surface area contributed by atoms with Gasteiger partial charge in [-0.05, 0) is 7.05 Å². The van der Waals surface area contributed by atoms with Crippen LogP contribution in [0.3, 0.4) is 0 Å². The number of carbonyl (C=O) groups is 1. The first-order valence-corrected chi connectivity index (χ1v) is 7.00. The van der Waals surface area contributed by atoms with Crippen molar-refractivity contribution in [2.24, 2.45) is 7.05 Å². The molecule has 1 aliphatic heterocycles. The normalized spacial score (nSPS) is 22.0. The second-order valence-corrected chi connectivity index (χ2v) is 5.78. The number of likely N-dealkylation sites (tertiary alicyclic amines) is 1. The van der Waals surface area contributed by atoms with Gasteiger partial charge in [-0.15, -0.1) is 12.4 Å². The maximum absolute atomic E-state index is 13.0. The van der Waals surface area contributed by atoms with Gasteiger partial charge in [0.2, 0.25) is 0 Å². The Balaban J connectivity index is 0.00000288. The van der Waals surface area contributed by atoms with Crippen LogP contribution in [0.15, 0.2) is 6.20 Å². The van der Waals surface area contributed by atoms with Crippen LogP contribution in [-0.2, 0) is 24.6 Å². The molecule has 2 rings (SSSR count). The van der Waals surface area contributed by atoms with Crippen LogP contribution in [0.25, 0.3) is 0 Å². The first kappa shape index (κ1) is 20.7. The number of aromatic nitrogens is 2. The Morgan fingerprint density at radius 3 is 2.62 bits per heavy atom. The van der Waals surface area contributed by atoms with Crippen LogP contribution in [0.2, 0.25) is 0 Å². The quantitative estimate of drug-likeness (QED) is 0.779. The van der Waals surface area contributed by atoms with Gasteiger partial charge in [0.1, 0.15) is 5.69 Å². The maximum Gasteiger partial charge on any atom is 0.433 e. The van der Waals surface area contributed by atoms with E-state index in [9.17, 15) is 23.1 Å². The molecule has 0 amide bonds. The van der Waals surface area contributed by atoms with Gasteiger partial charge in [0, 0.05) is 38.3 Å². The van der Waals surface area contributed by atoms with Crippen molar-refractivity contribution in [2.45, 2.75) is 24.9 Å². The Bertz CT molecular complexity index is 581. The Hall–Kier alpha value is -1.36. The largest absolute Gasteiger partial charge is 0.480 e. The van der Waals surface area contributed by atoms with Crippen LogP contribution < -0.4 is 0 Å². The number of hydrogen-bond acceptors (Lipinski definition) is 5. The molecule has 1 aromatic heterocycles. The van der Waals surface area contributed by atoms with Crippen molar-refractivity contribution in [3.8, 4) is 0 Å². The third kappa shape index (κ3) is 4.59. The average Bonchev–Trinajstić information content (AvgIpc) is 2.91. The lowest BCUT2D eigenvalue weighted by Crippen LogP contribution is -2.43. The van der Waals surface area contributed by atoms with Crippen molar-refractivity contribution in [3.05, 3.63) is 17.5 Å². The fraction of sp³-hybridized carbons (Fsp3) is 0.692. The summed E-state index contributed by atoms with van der Waals surface area (Å²) in [6, 6.07) is -0.433. The molecular formula is C13H20ClF3N4O3. The monoisotopic (exact) mass is 372 g/mol. The zero-order valence-electron chi connectivity index (χ0n) is 13.2. The number of aliphatic hydroxyl groups excluding tert-OH is 1. The van der Waals surface area contributed by atoms with Crippen LogP contribution in [0, 0.1) is 0 Å². The van der Waals surface area contributed by atoms with E-state index in [1.807, 2.05) is 0 Å². The zero-order valence-corrected chi connectivity index (χ0v) is 14.0. The molecule has 1 fully saturated rings. The molecule has 7 nitrogen and oxygen atoms in total. The Labute approximate surface area is 143 Å². The number of aliphatic hydroxyl groups is 1. The molecule has 1 aliphatic rings. The van der Waals surface area contributed by atoms with Crippen molar-refractivity contribution in [1.82, 2.24) is 19.6 Å². The number of aryl methyl sites for hydroxylation is 1. The molecule has 11 heteroatoms. The van der Waals surface area contributed by atoms with Crippen molar-refractivity contribution in [2.75, 3.05) is 26.7 Å². The summed E-state index contributed by atoms with van der Waals surface area (Å²) in [6.45, 7) is 0.228. The first-order valence-electron chi connectivity index (χ1n) is 7.00. The Kier molecular flexibility index (Phi) is 6.62. The number of aliphatic carboxylic acids is 1. The summed E-state index contributed by atoms with van der Waals surface area (Å²) >= 11 is 0. The van der Waals surface area contributed by atoms with Crippen LogP contribution in [0.4, 0.5) is 13.2 Å². The summed E-state index contributed by atoms with van der Waals surface area (Å²) in [5.41, 5.74) is -0.775. The molecule has 1 aromatic rings. The standard InChI is InChI=1S/C13H19F3N4O3.ClH/c1-18(7-11(22)23)9-5-20(6-10(9)21)4-8-3-17-19(2)12(8)13(14,15)16;/h3,9-10,21H,4-7H2,1-2H3,(H,22,23);1H/t9?,10-;/m1./s1. The number of carboxylic acids is 1. The van der Waals surface area contributed by atoms with Gasteiger partial charge in [-0.1, -0.05) is 0 Å². The van der Waals surface area contributed by atoms with Gasteiger partial charge in [0.05, 0.1) is 18.8 Å². The number of carboxylic acid groups (broad SMARTS) is 1. The summed E-state index contributed by atoms with van der Waals surface area (Å²) < 4.78 is 39.9. The molecule has 1 unspecified atom stereocenters. The molecule has 2 N–H and O–H groups in total. The van der Waals surface area contributed by atoms with Crippen molar-refractivity contribution in [3.63, 3.8) is 0 Å². The van der Waals surface area contributed by atoms with E-state index in [0.717, 1.165) is 4.68 Å². The number of halogens is 4. The average molecular weight is 373 g/mol. The lowest BCUT2D eigenvalue weighted by atomic mass is 10.2. The predicted octanol–water partition coefficient (Wildman–Crippen LogP) is 0.422. The van der Waals surface area contributed by atoms with E-state index < -0.39 is 30.0 Å². The van der Waals surface area contributed by atoms with Gasteiger partial charge in [0.15, 0.2) is 0 Å². The molecular weight excluding hydrogens is 353 g/mol. The van der Waals surface area contributed by atoms with Crippen molar-refractivity contribution in [1.29, 1.82) is 0 Å². The van der Waals surface area contributed by atoms with Crippen molar-refractivity contribution < 1.29 is 28.2 Å². The number of β-amino-alcohol motifs (C(OH)–C–C–N with tert-alkyl or cyclic N) is 1. The van der Waals surface area contributed by atoms with E-state index in [1.165, 1.54) is 18.1 Å². The zero-order chi connectivity index (χ0) is 17.4. The minimum atomic E-state index is -4.50. The summed E-state index contributed by atoms with van der Waals surface area (Å²) in [5.74, 6) is -1.02. The lowest BCUT2D eigenvalue weighted by molar-refractivity contribution is -0.144. The SMILES string of the molecule is CN(CC(=O)O)C1CN(Cc2cnn(C)c2C(F)(F)F)C[C@H]1O.Cl. The maximum atomic E-state index is 13.0. The predicted molar refractivity (Wildman–Crippen MR) is 80.8 cm³/mol. The highest BCUT2D eigenvalue weighted by Crippen LogP contribution is 2.32. The summed E-state index contributed by atoms with van der Waals surface area (Å²) in [7, 11) is 2.80. The summed E-state index contributed by atoms with van der Waals surface area (Å²) in [4.78, 5) is 13.9. The van der Waals surface area contributed by atoms with Crippen LogP contribution in [0.5, 0.6) is 0 Å². The number of rotatable bonds is 5. The van der Waals surface area contributed by atoms with E-state index in [0.29, 0.717) is 0 Å². The van der Waals surface area contributed by atoms with Crippen molar-refractivity contribution >= 4 is 18.4 Å². The molecule has 2 heterocycles. The summed E-state index contributed by atoms with van der Waals surface area (Å²) in [5, 5.41) is 22.5. The number of likely N-dealkylation sites (N-methyl/N-ethyl adjacent to an activating group) is 1. The van der Waals surface area contributed by atoms with Crippen LogP contribution in [-0.4, -0.2) is 74.6 Å². The molecule has 0 radical (unpaired) electrons. The minimum Gasteiger partial charge on any atom is -0.480 e. The van der Waals surface area contributed by atoms with Gasteiger partial charge in [0.25, 0.3) is 0 Å².